The van der Waals surface area contributed by atoms with Gasteiger partial charge in [-0.05, 0) is 0 Å². The van der Waals surface area contributed by atoms with Gasteiger partial charge in [-0.25, -0.2) is 9.97 Å². The summed E-state index contributed by atoms with van der Waals surface area (Å²) >= 11 is 0. The average molecular weight is 274 g/mol. The molecule has 0 bridgehead atoms. The maximum atomic E-state index is 11.3. The standard InChI is InChI=1S/C13H14N4O3/c1-19-9-5-8(6-10(7-9)20-2)17-13-11(12(14)18)15-3-4-16-13/h3-7H,1-2H3,(H2,14,18)(H,16,17). The van der Waals surface area contributed by atoms with Crippen LogP contribution in [-0.4, -0.2) is 30.1 Å². The van der Waals surface area contributed by atoms with Gasteiger partial charge in [0.05, 0.1) is 14.2 Å². The molecule has 7 heteroatoms. The largest absolute Gasteiger partial charge is 0.497 e. The van der Waals surface area contributed by atoms with E-state index in [1.54, 1.807) is 32.4 Å². The number of rotatable bonds is 5. The lowest BCUT2D eigenvalue weighted by atomic mass is 10.2. The highest BCUT2D eigenvalue weighted by molar-refractivity contribution is 5.96. The molecule has 0 aliphatic carbocycles. The second-order valence-corrected chi connectivity index (χ2v) is 3.84. The highest BCUT2D eigenvalue weighted by Gasteiger charge is 2.11. The lowest BCUT2D eigenvalue weighted by Gasteiger charge is -2.11. The zero-order valence-corrected chi connectivity index (χ0v) is 11.1. The lowest BCUT2D eigenvalue weighted by molar-refractivity contribution is 0.0996. The molecule has 20 heavy (non-hydrogen) atoms. The first-order valence-electron chi connectivity index (χ1n) is 5.75. The Labute approximate surface area is 115 Å². The second-order valence-electron chi connectivity index (χ2n) is 3.84. The Balaban J connectivity index is 2.37. The normalized spacial score (nSPS) is 9.90. The molecule has 0 saturated heterocycles. The molecule has 3 N–H and O–H groups in total. The van der Waals surface area contributed by atoms with E-state index in [9.17, 15) is 4.79 Å². The van der Waals surface area contributed by atoms with E-state index in [0.29, 0.717) is 17.2 Å². The fourth-order valence-electron chi connectivity index (χ4n) is 1.63. The third-order valence-corrected chi connectivity index (χ3v) is 2.55. The molecule has 0 unspecified atom stereocenters. The molecule has 1 heterocycles. The first-order chi connectivity index (χ1) is 9.63. The van der Waals surface area contributed by atoms with E-state index in [1.165, 1.54) is 12.4 Å². The van der Waals surface area contributed by atoms with Crippen LogP contribution in [0.3, 0.4) is 0 Å². The predicted molar refractivity (Wildman–Crippen MR) is 73.4 cm³/mol. The van der Waals surface area contributed by atoms with Crippen LogP contribution in [0.25, 0.3) is 0 Å². The van der Waals surface area contributed by atoms with Crippen molar-refractivity contribution in [1.29, 1.82) is 0 Å². The van der Waals surface area contributed by atoms with Crippen molar-refractivity contribution < 1.29 is 14.3 Å². The van der Waals surface area contributed by atoms with E-state index in [1.807, 2.05) is 0 Å². The average Bonchev–Trinajstić information content (AvgIpc) is 2.47. The molecule has 0 spiro atoms. The number of carbonyl (C=O) groups is 1. The summed E-state index contributed by atoms with van der Waals surface area (Å²) in [6.45, 7) is 0. The van der Waals surface area contributed by atoms with Gasteiger partial charge in [-0.1, -0.05) is 0 Å². The lowest BCUT2D eigenvalue weighted by Crippen LogP contribution is -2.16. The summed E-state index contributed by atoms with van der Waals surface area (Å²) in [7, 11) is 3.10. The molecule has 0 aliphatic heterocycles. The van der Waals surface area contributed by atoms with Gasteiger partial charge in [0.25, 0.3) is 5.91 Å². The number of carbonyl (C=O) groups excluding carboxylic acids is 1. The maximum absolute atomic E-state index is 11.3. The van der Waals surface area contributed by atoms with Gasteiger partial charge in [-0.15, -0.1) is 0 Å². The Bertz CT molecular complexity index is 609. The van der Waals surface area contributed by atoms with Crippen molar-refractivity contribution in [2.75, 3.05) is 19.5 Å². The summed E-state index contributed by atoms with van der Waals surface area (Å²) in [6.07, 6.45) is 2.86. The van der Waals surface area contributed by atoms with E-state index in [4.69, 9.17) is 15.2 Å². The molecular formula is C13H14N4O3. The Morgan fingerprint density at radius 2 is 1.70 bits per heavy atom. The topological polar surface area (TPSA) is 99.4 Å². The number of hydrogen-bond acceptors (Lipinski definition) is 6. The summed E-state index contributed by atoms with van der Waals surface area (Å²) in [4.78, 5) is 19.2. The van der Waals surface area contributed by atoms with Crippen LogP contribution in [0.4, 0.5) is 11.5 Å². The number of primary amides is 1. The Morgan fingerprint density at radius 3 is 2.25 bits per heavy atom. The minimum atomic E-state index is -0.657. The van der Waals surface area contributed by atoms with Gasteiger partial charge in [0.15, 0.2) is 11.5 Å². The van der Waals surface area contributed by atoms with Crippen LogP contribution in [0, 0.1) is 0 Å². The predicted octanol–water partition coefficient (Wildman–Crippen LogP) is 1.34. The number of nitrogens with one attached hydrogen (secondary N) is 1. The molecule has 2 rings (SSSR count). The van der Waals surface area contributed by atoms with Crippen molar-refractivity contribution in [1.82, 2.24) is 9.97 Å². The van der Waals surface area contributed by atoms with Crippen LogP contribution in [0.5, 0.6) is 11.5 Å². The zero-order valence-electron chi connectivity index (χ0n) is 11.1. The molecule has 7 nitrogen and oxygen atoms in total. The van der Waals surface area contributed by atoms with Gasteiger partial charge in [0, 0.05) is 36.3 Å². The number of amides is 1. The number of aromatic nitrogens is 2. The molecule has 1 aromatic carbocycles. The van der Waals surface area contributed by atoms with E-state index in [2.05, 4.69) is 15.3 Å². The van der Waals surface area contributed by atoms with Gasteiger partial charge >= 0.3 is 0 Å². The van der Waals surface area contributed by atoms with E-state index in [-0.39, 0.29) is 11.5 Å². The third-order valence-electron chi connectivity index (χ3n) is 2.55. The van der Waals surface area contributed by atoms with Crippen molar-refractivity contribution >= 4 is 17.4 Å². The quantitative estimate of drug-likeness (QED) is 0.853. The second kappa shape index (κ2) is 5.87. The third kappa shape index (κ3) is 2.94. The van der Waals surface area contributed by atoms with Crippen molar-refractivity contribution in [3.8, 4) is 11.5 Å². The van der Waals surface area contributed by atoms with Crippen LogP contribution < -0.4 is 20.5 Å². The Morgan fingerprint density at radius 1 is 1.10 bits per heavy atom. The smallest absolute Gasteiger partial charge is 0.271 e. The Hall–Kier alpha value is -2.83. The molecular weight excluding hydrogens is 260 g/mol. The highest BCUT2D eigenvalue weighted by Crippen LogP contribution is 2.27. The molecule has 1 aromatic heterocycles. The fourth-order valence-corrected chi connectivity index (χ4v) is 1.63. The number of methoxy groups -OCH3 is 2. The zero-order chi connectivity index (χ0) is 14.5. The Kier molecular flexibility index (Phi) is 3.99. The molecule has 0 atom stereocenters. The first-order valence-corrected chi connectivity index (χ1v) is 5.75. The monoisotopic (exact) mass is 274 g/mol. The maximum Gasteiger partial charge on any atom is 0.271 e. The van der Waals surface area contributed by atoms with Crippen LogP contribution >= 0.6 is 0 Å². The number of nitrogens with two attached hydrogens (primary N) is 1. The van der Waals surface area contributed by atoms with Crippen molar-refractivity contribution in [3.05, 3.63) is 36.3 Å². The number of ether oxygens (including phenoxy) is 2. The molecule has 0 radical (unpaired) electrons. The van der Waals surface area contributed by atoms with Crippen LogP contribution in [-0.2, 0) is 0 Å². The summed E-state index contributed by atoms with van der Waals surface area (Å²) in [5.74, 6) is 0.832. The van der Waals surface area contributed by atoms with Crippen LogP contribution in [0.2, 0.25) is 0 Å². The van der Waals surface area contributed by atoms with Gasteiger partial charge in [0.2, 0.25) is 0 Å². The number of nitrogens with zero attached hydrogens (tertiary/aromatic N) is 2. The summed E-state index contributed by atoms with van der Waals surface area (Å²) in [5, 5.41) is 2.97. The summed E-state index contributed by atoms with van der Waals surface area (Å²) in [6, 6.07) is 5.21. The van der Waals surface area contributed by atoms with Crippen LogP contribution in [0.1, 0.15) is 10.5 Å². The number of hydrogen-bond donors (Lipinski definition) is 2. The number of benzene rings is 1. The fraction of sp³-hybridized carbons (Fsp3) is 0.154. The van der Waals surface area contributed by atoms with Crippen molar-refractivity contribution in [3.63, 3.8) is 0 Å². The van der Waals surface area contributed by atoms with Gasteiger partial charge in [-0.2, -0.15) is 0 Å². The first kappa shape index (κ1) is 13.6. The van der Waals surface area contributed by atoms with E-state index >= 15 is 0 Å². The molecule has 2 aromatic rings. The van der Waals surface area contributed by atoms with Gasteiger partial charge in [-0.3, -0.25) is 4.79 Å². The van der Waals surface area contributed by atoms with Gasteiger partial charge < -0.3 is 20.5 Å². The summed E-state index contributed by atoms with van der Waals surface area (Å²) < 4.78 is 10.3. The molecule has 1 amide bonds. The minimum absolute atomic E-state index is 0.0642. The molecule has 104 valence electrons. The van der Waals surface area contributed by atoms with E-state index < -0.39 is 5.91 Å². The summed E-state index contributed by atoms with van der Waals surface area (Å²) in [5.41, 5.74) is 5.96. The minimum Gasteiger partial charge on any atom is -0.497 e. The van der Waals surface area contributed by atoms with Gasteiger partial charge in [0.1, 0.15) is 11.5 Å². The van der Waals surface area contributed by atoms with E-state index in [0.717, 1.165) is 0 Å². The molecule has 0 aliphatic rings. The van der Waals surface area contributed by atoms with Crippen LogP contribution in [0.15, 0.2) is 30.6 Å². The highest BCUT2D eigenvalue weighted by atomic mass is 16.5. The van der Waals surface area contributed by atoms with Crippen molar-refractivity contribution in [2.45, 2.75) is 0 Å². The van der Waals surface area contributed by atoms with Crippen molar-refractivity contribution in [2.24, 2.45) is 5.73 Å². The molecule has 0 fully saturated rings. The SMILES string of the molecule is COc1cc(Nc2nccnc2C(N)=O)cc(OC)c1. The number of anilines is 2. The molecule has 0 saturated carbocycles.